The Labute approximate surface area is 128 Å². The van der Waals surface area contributed by atoms with Gasteiger partial charge in [-0.1, -0.05) is 17.7 Å². The van der Waals surface area contributed by atoms with Crippen molar-refractivity contribution in [3.63, 3.8) is 0 Å². The van der Waals surface area contributed by atoms with Crippen molar-refractivity contribution in [1.82, 2.24) is 9.80 Å². The van der Waals surface area contributed by atoms with Gasteiger partial charge >= 0.3 is 0 Å². The summed E-state index contributed by atoms with van der Waals surface area (Å²) in [5, 5.41) is -0.0173. The van der Waals surface area contributed by atoms with E-state index in [1.54, 1.807) is 11.0 Å². The Kier molecular flexibility index (Phi) is 4.15. The number of hydrogen-bond donors (Lipinski definition) is 0. The molecule has 21 heavy (non-hydrogen) atoms. The van der Waals surface area contributed by atoms with Gasteiger partial charge in [0.2, 0.25) is 0 Å². The van der Waals surface area contributed by atoms with Crippen molar-refractivity contribution < 1.29 is 13.9 Å². The van der Waals surface area contributed by atoms with Crippen LogP contribution in [0.5, 0.6) is 0 Å². The van der Waals surface area contributed by atoms with E-state index in [-0.39, 0.29) is 28.5 Å². The first-order valence-corrected chi connectivity index (χ1v) is 7.45. The molecule has 2 aliphatic rings. The first kappa shape index (κ1) is 14.8. The summed E-state index contributed by atoms with van der Waals surface area (Å²) < 4.78 is 19.7. The number of carbonyl (C=O) groups excluding carboxylic acids is 1. The lowest BCUT2D eigenvalue weighted by Crippen LogP contribution is -2.45. The first-order valence-electron chi connectivity index (χ1n) is 7.07. The summed E-state index contributed by atoms with van der Waals surface area (Å²) in [5.74, 6) is -0.668. The minimum Gasteiger partial charge on any atom is -0.379 e. The number of hydrogen-bond acceptors (Lipinski definition) is 3. The lowest BCUT2D eigenvalue weighted by Gasteiger charge is -2.30. The summed E-state index contributed by atoms with van der Waals surface area (Å²) in [5.41, 5.74) is 0.0473. The van der Waals surface area contributed by atoms with E-state index >= 15 is 0 Å². The van der Waals surface area contributed by atoms with Crippen molar-refractivity contribution in [1.29, 1.82) is 0 Å². The molecule has 2 fully saturated rings. The lowest BCUT2D eigenvalue weighted by atomic mass is 10.1. The molecule has 3 rings (SSSR count). The first-order chi connectivity index (χ1) is 10.1. The van der Waals surface area contributed by atoms with Crippen molar-refractivity contribution in [3.05, 3.63) is 34.6 Å². The maximum atomic E-state index is 14.1. The van der Waals surface area contributed by atoms with Crippen LogP contribution in [0, 0.1) is 11.7 Å². The third kappa shape index (κ3) is 2.91. The number of carbonyl (C=O) groups is 1. The standard InChI is InChI=1S/C15H18ClFN2O2/c1-18-5-10-6-19(7-11(18)9-21-8-10)15(20)12-3-2-4-13(16)14(12)17/h2-4,10-11H,5-9H2,1H3/t10-,11+/m1/s1. The van der Waals surface area contributed by atoms with Crippen LogP contribution in [0.1, 0.15) is 10.4 Å². The highest BCUT2D eigenvalue weighted by Gasteiger charge is 2.34. The highest BCUT2D eigenvalue weighted by atomic mass is 35.5. The third-order valence-corrected chi connectivity index (χ3v) is 4.50. The number of likely N-dealkylation sites (N-methyl/N-ethyl adjacent to an activating group) is 1. The molecule has 1 amide bonds. The molecule has 1 aromatic rings. The van der Waals surface area contributed by atoms with Crippen molar-refractivity contribution in [3.8, 4) is 0 Å². The second kappa shape index (κ2) is 5.91. The molecule has 0 spiro atoms. The monoisotopic (exact) mass is 312 g/mol. The Morgan fingerprint density at radius 3 is 2.95 bits per heavy atom. The highest BCUT2D eigenvalue weighted by molar-refractivity contribution is 6.31. The molecule has 4 nitrogen and oxygen atoms in total. The van der Waals surface area contributed by atoms with E-state index in [9.17, 15) is 9.18 Å². The van der Waals surface area contributed by atoms with Crippen LogP contribution < -0.4 is 0 Å². The van der Waals surface area contributed by atoms with Crippen LogP contribution in [0.3, 0.4) is 0 Å². The average Bonchev–Trinajstić information content (AvgIpc) is 2.69. The van der Waals surface area contributed by atoms with Gasteiger partial charge in [0, 0.05) is 25.6 Å². The Morgan fingerprint density at radius 2 is 2.14 bits per heavy atom. The SMILES string of the molecule is CN1C[C@H]2COC[C@@H]1CN(C(=O)c1cccc(Cl)c1F)C2. The molecule has 2 saturated heterocycles. The maximum Gasteiger partial charge on any atom is 0.256 e. The van der Waals surface area contributed by atoms with Crippen LogP contribution >= 0.6 is 11.6 Å². The molecule has 0 saturated carbocycles. The average molecular weight is 313 g/mol. The molecule has 114 valence electrons. The molecule has 2 atom stereocenters. The van der Waals surface area contributed by atoms with Crippen LogP contribution in [-0.4, -0.2) is 61.6 Å². The fourth-order valence-corrected chi connectivity index (χ4v) is 3.23. The second-order valence-corrected chi connectivity index (χ2v) is 6.22. The van der Waals surface area contributed by atoms with Crippen LogP contribution in [-0.2, 0) is 4.74 Å². The third-order valence-electron chi connectivity index (χ3n) is 4.21. The van der Waals surface area contributed by atoms with E-state index in [4.69, 9.17) is 16.3 Å². The van der Waals surface area contributed by atoms with Crippen molar-refractivity contribution in [2.24, 2.45) is 5.92 Å². The molecule has 0 aromatic heterocycles. The van der Waals surface area contributed by atoms with Crippen LogP contribution in [0.4, 0.5) is 4.39 Å². The molecular weight excluding hydrogens is 295 g/mol. The fraction of sp³-hybridized carbons (Fsp3) is 0.533. The summed E-state index contributed by atoms with van der Waals surface area (Å²) in [6, 6.07) is 4.70. The number of nitrogens with zero attached hydrogens (tertiary/aromatic N) is 2. The molecule has 2 aliphatic heterocycles. The molecule has 2 bridgehead atoms. The number of benzene rings is 1. The van der Waals surface area contributed by atoms with Gasteiger partial charge in [-0.15, -0.1) is 0 Å². The molecule has 0 N–H and O–H groups in total. The van der Waals surface area contributed by atoms with Crippen LogP contribution in [0.15, 0.2) is 18.2 Å². The number of fused-ring (bicyclic) bond motifs is 3. The van der Waals surface area contributed by atoms with Crippen LogP contribution in [0.25, 0.3) is 0 Å². The van der Waals surface area contributed by atoms with E-state index in [0.29, 0.717) is 26.3 Å². The van der Waals surface area contributed by atoms with Gasteiger partial charge in [-0.05, 0) is 19.2 Å². The van der Waals surface area contributed by atoms with Crippen molar-refractivity contribution in [2.75, 3.05) is 39.9 Å². The zero-order valence-corrected chi connectivity index (χ0v) is 12.6. The molecule has 6 heteroatoms. The van der Waals surface area contributed by atoms with Gasteiger partial charge in [0.25, 0.3) is 5.91 Å². The lowest BCUT2D eigenvalue weighted by molar-refractivity contribution is 0.0431. The van der Waals surface area contributed by atoms with Gasteiger partial charge in [-0.25, -0.2) is 4.39 Å². The summed E-state index contributed by atoms with van der Waals surface area (Å²) >= 11 is 5.77. The summed E-state index contributed by atoms with van der Waals surface area (Å²) in [7, 11) is 2.04. The molecule has 0 aliphatic carbocycles. The molecular formula is C15H18ClFN2O2. The summed E-state index contributed by atoms with van der Waals surface area (Å²) in [6.45, 7) is 3.29. The van der Waals surface area contributed by atoms with Gasteiger partial charge in [0.15, 0.2) is 5.82 Å². The zero-order valence-electron chi connectivity index (χ0n) is 11.9. The molecule has 2 heterocycles. The van der Waals surface area contributed by atoms with Gasteiger partial charge < -0.3 is 9.64 Å². The highest BCUT2D eigenvalue weighted by Crippen LogP contribution is 2.23. The van der Waals surface area contributed by atoms with Gasteiger partial charge in [0.1, 0.15) is 0 Å². The van der Waals surface area contributed by atoms with E-state index in [1.165, 1.54) is 12.1 Å². The quantitative estimate of drug-likeness (QED) is 0.794. The number of rotatable bonds is 1. The van der Waals surface area contributed by atoms with E-state index < -0.39 is 5.82 Å². The predicted molar refractivity (Wildman–Crippen MR) is 78.0 cm³/mol. The smallest absolute Gasteiger partial charge is 0.256 e. The minimum atomic E-state index is -0.636. The zero-order chi connectivity index (χ0) is 15.0. The Balaban J connectivity index is 1.86. The topological polar surface area (TPSA) is 32.8 Å². The Hall–Kier alpha value is -1.17. The van der Waals surface area contributed by atoms with E-state index in [1.807, 2.05) is 7.05 Å². The van der Waals surface area contributed by atoms with E-state index in [2.05, 4.69) is 4.90 Å². The molecule has 0 unspecified atom stereocenters. The number of ether oxygens (including phenoxy) is 1. The largest absolute Gasteiger partial charge is 0.379 e. The van der Waals surface area contributed by atoms with Gasteiger partial charge in [-0.2, -0.15) is 0 Å². The number of amides is 1. The van der Waals surface area contributed by atoms with Gasteiger partial charge in [-0.3, -0.25) is 9.69 Å². The molecule has 0 radical (unpaired) electrons. The number of halogens is 2. The van der Waals surface area contributed by atoms with E-state index in [0.717, 1.165) is 6.54 Å². The van der Waals surface area contributed by atoms with Gasteiger partial charge in [0.05, 0.1) is 29.8 Å². The van der Waals surface area contributed by atoms with Crippen molar-refractivity contribution >= 4 is 17.5 Å². The van der Waals surface area contributed by atoms with Crippen LogP contribution in [0.2, 0.25) is 5.02 Å². The minimum absolute atomic E-state index is 0.0173. The second-order valence-electron chi connectivity index (χ2n) is 5.81. The Bertz CT molecular complexity index is 554. The normalized spacial score (nSPS) is 26.5. The summed E-state index contributed by atoms with van der Waals surface area (Å²) in [4.78, 5) is 16.6. The Morgan fingerprint density at radius 1 is 1.33 bits per heavy atom. The van der Waals surface area contributed by atoms with Crippen molar-refractivity contribution in [2.45, 2.75) is 6.04 Å². The predicted octanol–water partition coefficient (Wildman–Crippen LogP) is 1.88. The maximum absolute atomic E-state index is 14.1. The summed E-state index contributed by atoms with van der Waals surface area (Å²) in [6.07, 6.45) is 0. The fourth-order valence-electron chi connectivity index (χ4n) is 3.06. The molecule has 1 aromatic carbocycles.